The first-order valence-corrected chi connectivity index (χ1v) is 11.1. The van der Waals surface area contributed by atoms with E-state index in [-0.39, 0.29) is 0 Å². The molecular weight excluding hydrogens is 368 g/mol. The summed E-state index contributed by atoms with van der Waals surface area (Å²) < 4.78 is 4.62. The lowest BCUT2D eigenvalue weighted by Crippen LogP contribution is -2.45. The van der Waals surface area contributed by atoms with Gasteiger partial charge in [0, 0.05) is 6.42 Å². The lowest BCUT2D eigenvalue weighted by atomic mass is 9.83. The van der Waals surface area contributed by atoms with Crippen LogP contribution in [0.3, 0.4) is 0 Å². The molecule has 0 spiro atoms. The molecule has 0 radical (unpaired) electrons. The van der Waals surface area contributed by atoms with E-state index in [0.29, 0.717) is 6.42 Å². The molecule has 5 heteroatoms. The molecule has 1 saturated heterocycles. The first-order valence-electron chi connectivity index (χ1n) is 11.1. The molecule has 29 heavy (non-hydrogen) atoms. The van der Waals surface area contributed by atoms with Crippen molar-refractivity contribution in [2.24, 2.45) is 0 Å². The molecule has 0 aromatic heterocycles. The Morgan fingerprint density at radius 3 is 2.21 bits per heavy atom. The first-order chi connectivity index (χ1) is 13.9. The van der Waals surface area contributed by atoms with E-state index in [1.807, 2.05) is 6.92 Å². The Morgan fingerprint density at radius 2 is 1.59 bits per heavy atom. The van der Waals surface area contributed by atoms with Gasteiger partial charge < -0.3 is 9.84 Å². The van der Waals surface area contributed by atoms with Crippen molar-refractivity contribution in [2.75, 3.05) is 7.11 Å². The lowest BCUT2D eigenvalue weighted by molar-refractivity contribution is -0.355. The van der Waals surface area contributed by atoms with Gasteiger partial charge in [0.25, 0.3) is 0 Å². The highest BCUT2D eigenvalue weighted by Gasteiger charge is 2.52. The van der Waals surface area contributed by atoms with Gasteiger partial charge in [0.1, 0.15) is 11.2 Å². The second-order valence-corrected chi connectivity index (χ2v) is 8.85. The van der Waals surface area contributed by atoms with Crippen molar-refractivity contribution in [1.82, 2.24) is 0 Å². The highest BCUT2D eigenvalue weighted by Crippen LogP contribution is 2.41. The number of esters is 1. The summed E-state index contributed by atoms with van der Waals surface area (Å²) in [6.45, 7) is 3.67. The van der Waals surface area contributed by atoms with Crippen LogP contribution in [0.2, 0.25) is 0 Å². The number of ether oxygens (including phenoxy) is 1. The second kappa shape index (κ2) is 11.7. The third-order valence-electron chi connectivity index (χ3n) is 5.92. The zero-order valence-corrected chi connectivity index (χ0v) is 18.3. The summed E-state index contributed by atoms with van der Waals surface area (Å²) in [5.74, 6) is -0.691. The van der Waals surface area contributed by atoms with Gasteiger partial charge in [-0.1, -0.05) is 75.3 Å². The Balaban J connectivity index is 1.50. The molecule has 2 rings (SSSR count). The van der Waals surface area contributed by atoms with E-state index >= 15 is 0 Å². The van der Waals surface area contributed by atoms with Gasteiger partial charge in [-0.15, -0.1) is 0 Å². The fraction of sp³-hybridized carbons (Fsp3) is 0.708. The minimum absolute atomic E-state index is 0.470. The van der Waals surface area contributed by atoms with Crippen LogP contribution in [-0.2, 0) is 25.7 Å². The second-order valence-electron chi connectivity index (χ2n) is 8.85. The summed E-state index contributed by atoms with van der Waals surface area (Å²) in [7, 11) is 1.26. The SMILES string of the molecule is COC(=O)[C@H](O)[C@@]1(C)C[C@@](C)(CCCCCCCCCCc2ccccc2)OO1. The molecule has 1 aliphatic heterocycles. The third kappa shape index (κ3) is 7.72. The summed E-state index contributed by atoms with van der Waals surface area (Å²) in [5, 5.41) is 10.1. The number of hydrogen-bond donors (Lipinski definition) is 1. The van der Waals surface area contributed by atoms with Gasteiger partial charge in [-0.2, -0.15) is 0 Å². The monoisotopic (exact) mass is 406 g/mol. The Bertz CT molecular complexity index is 605. The summed E-state index contributed by atoms with van der Waals surface area (Å²) in [4.78, 5) is 22.5. The fourth-order valence-corrected chi connectivity index (χ4v) is 4.16. The molecule has 1 aliphatic rings. The predicted octanol–water partition coefficient (Wildman–Crippen LogP) is 5.14. The predicted molar refractivity (Wildman–Crippen MR) is 113 cm³/mol. The van der Waals surface area contributed by atoms with Crippen molar-refractivity contribution in [1.29, 1.82) is 0 Å². The van der Waals surface area contributed by atoms with E-state index in [1.165, 1.54) is 64.0 Å². The van der Waals surface area contributed by atoms with E-state index < -0.39 is 23.3 Å². The van der Waals surface area contributed by atoms with Crippen LogP contribution in [0.4, 0.5) is 0 Å². The third-order valence-corrected chi connectivity index (χ3v) is 5.92. The zero-order chi connectivity index (χ0) is 21.2. The molecule has 0 aliphatic carbocycles. The maximum atomic E-state index is 11.6. The van der Waals surface area contributed by atoms with Gasteiger partial charge in [0.05, 0.1) is 7.11 Å². The van der Waals surface area contributed by atoms with E-state index in [4.69, 9.17) is 9.78 Å². The largest absolute Gasteiger partial charge is 0.467 e. The fourth-order valence-electron chi connectivity index (χ4n) is 4.16. The Labute approximate surface area is 175 Å². The van der Waals surface area contributed by atoms with Gasteiger partial charge in [-0.3, -0.25) is 0 Å². The number of benzene rings is 1. The summed E-state index contributed by atoms with van der Waals surface area (Å²) in [5.41, 5.74) is -0.0858. The highest BCUT2D eigenvalue weighted by atomic mass is 17.2. The van der Waals surface area contributed by atoms with Crippen molar-refractivity contribution in [3.63, 3.8) is 0 Å². The molecule has 0 bridgehead atoms. The van der Waals surface area contributed by atoms with Gasteiger partial charge in [0.15, 0.2) is 6.10 Å². The number of rotatable bonds is 13. The van der Waals surface area contributed by atoms with E-state index in [1.54, 1.807) is 6.92 Å². The van der Waals surface area contributed by atoms with Crippen molar-refractivity contribution < 1.29 is 24.4 Å². The van der Waals surface area contributed by atoms with Crippen molar-refractivity contribution in [2.45, 2.75) is 102 Å². The van der Waals surface area contributed by atoms with E-state index in [9.17, 15) is 9.90 Å². The average Bonchev–Trinajstić information content (AvgIpc) is 3.05. The molecule has 1 N–H and O–H groups in total. The number of aliphatic hydroxyl groups excluding tert-OH is 1. The Morgan fingerprint density at radius 1 is 1.00 bits per heavy atom. The lowest BCUT2D eigenvalue weighted by Gasteiger charge is -2.25. The minimum atomic E-state index is -1.34. The van der Waals surface area contributed by atoms with Crippen LogP contribution in [0, 0.1) is 0 Å². The van der Waals surface area contributed by atoms with Crippen LogP contribution in [0.5, 0.6) is 0 Å². The maximum Gasteiger partial charge on any atom is 0.337 e. The number of aliphatic hydroxyl groups is 1. The normalized spacial score (nSPS) is 25.1. The van der Waals surface area contributed by atoms with Gasteiger partial charge in [-0.25, -0.2) is 14.6 Å². The van der Waals surface area contributed by atoms with Crippen molar-refractivity contribution in [3.05, 3.63) is 35.9 Å². The van der Waals surface area contributed by atoms with Crippen LogP contribution >= 0.6 is 0 Å². The van der Waals surface area contributed by atoms with E-state index in [2.05, 4.69) is 35.1 Å². The molecular formula is C24H38O5. The highest BCUT2D eigenvalue weighted by molar-refractivity contribution is 5.75. The summed E-state index contributed by atoms with van der Waals surface area (Å²) in [6, 6.07) is 10.7. The molecule has 1 aromatic carbocycles. The van der Waals surface area contributed by atoms with E-state index in [0.717, 1.165) is 12.8 Å². The van der Waals surface area contributed by atoms with Gasteiger partial charge in [0.2, 0.25) is 0 Å². The van der Waals surface area contributed by atoms with Crippen LogP contribution in [0.15, 0.2) is 30.3 Å². The van der Waals surface area contributed by atoms with Crippen LogP contribution in [-0.4, -0.2) is 35.5 Å². The molecule has 1 aromatic rings. The van der Waals surface area contributed by atoms with Crippen molar-refractivity contribution in [3.8, 4) is 0 Å². The Kier molecular flexibility index (Phi) is 9.60. The summed E-state index contributed by atoms with van der Waals surface area (Å²) in [6.07, 6.45) is 11.1. The first kappa shape index (κ1) is 23.8. The quantitative estimate of drug-likeness (QED) is 0.279. The molecule has 0 amide bonds. The number of methoxy groups -OCH3 is 1. The van der Waals surface area contributed by atoms with Crippen molar-refractivity contribution >= 4 is 5.97 Å². The van der Waals surface area contributed by atoms with Crippen LogP contribution in [0.1, 0.15) is 83.6 Å². The minimum Gasteiger partial charge on any atom is -0.467 e. The zero-order valence-electron chi connectivity index (χ0n) is 18.3. The number of aryl methyl sites for hydroxylation is 1. The number of hydrogen-bond acceptors (Lipinski definition) is 5. The topological polar surface area (TPSA) is 65.0 Å². The Hall–Kier alpha value is -1.43. The van der Waals surface area contributed by atoms with Crippen LogP contribution in [0.25, 0.3) is 0 Å². The molecule has 164 valence electrons. The average molecular weight is 407 g/mol. The molecule has 1 fully saturated rings. The summed E-state index contributed by atoms with van der Waals surface area (Å²) >= 11 is 0. The number of carbonyl (C=O) groups is 1. The number of carbonyl (C=O) groups excluding carboxylic acids is 1. The number of unbranched alkanes of at least 4 members (excludes halogenated alkanes) is 7. The molecule has 5 nitrogen and oxygen atoms in total. The standard InChI is InChI=1S/C24H38O5/c1-23(19-24(2,29-28-23)21(25)22(26)27-3)18-14-9-7-5-4-6-8-11-15-20-16-12-10-13-17-20/h10,12-13,16-17,21,25H,4-9,11,14-15,18-19H2,1-3H3/t21-,23+,24+/m0/s1. The van der Waals surface area contributed by atoms with Gasteiger partial charge >= 0.3 is 5.97 Å². The molecule has 3 atom stereocenters. The smallest absolute Gasteiger partial charge is 0.337 e. The van der Waals surface area contributed by atoms with Gasteiger partial charge in [-0.05, 0) is 38.7 Å². The molecule has 0 unspecified atom stereocenters. The maximum absolute atomic E-state index is 11.6. The molecule has 0 saturated carbocycles. The van der Waals surface area contributed by atoms with Crippen LogP contribution < -0.4 is 0 Å². The molecule has 1 heterocycles.